The van der Waals surface area contributed by atoms with E-state index in [0.29, 0.717) is 26.5 Å². The average molecular weight is 359 g/mol. The Morgan fingerprint density at radius 3 is 2.86 bits per heavy atom. The molecule has 0 N–H and O–H groups in total. The standard InChI is InChI=1S/C12H8Cl2N4OS2/c1-6-10(19)18-11(16-15-6)21-12(17-18)20-5-7-2-3-8(13)9(14)4-7/h2-4H,5H2,1H3. The molecule has 0 spiro atoms. The molecule has 108 valence electrons. The number of thioether (sulfide) groups is 1. The van der Waals surface area contributed by atoms with Crippen molar-refractivity contribution in [3.05, 3.63) is 49.9 Å². The van der Waals surface area contributed by atoms with Crippen LogP contribution in [-0.4, -0.2) is 19.8 Å². The Hall–Kier alpha value is -1.15. The van der Waals surface area contributed by atoms with Crippen molar-refractivity contribution in [2.75, 3.05) is 0 Å². The van der Waals surface area contributed by atoms with Gasteiger partial charge in [-0.15, -0.1) is 15.3 Å². The summed E-state index contributed by atoms with van der Waals surface area (Å²) in [5.74, 6) is 0.678. The average Bonchev–Trinajstić information content (AvgIpc) is 2.88. The highest BCUT2D eigenvalue weighted by Crippen LogP contribution is 2.29. The molecule has 9 heteroatoms. The van der Waals surface area contributed by atoms with Crippen LogP contribution in [0.1, 0.15) is 11.3 Å². The molecule has 2 aromatic heterocycles. The van der Waals surface area contributed by atoms with E-state index < -0.39 is 0 Å². The summed E-state index contributed by atoms with van der Waals surface area (Å²) in [6.45, 7) is 1.61. The predicted molar refractivity (Wildman–Crippen MR) is 85.7 cm³/mol. The van der Waals surface area contributed by atoms with Crippen molar-refractivity contribution in [2.24, 2.45) is 0 Å². The Morgan fingerprint density at radius 1 is 1.29 bits per heavy atom. The van der Waals surface area contributed by atoms with E-state index >= 15 is 0 Å². The Bertz CT molecular complexity index is 877. The largest absolute Gasteiger partial charge is 0.296 e. The quantitative estimate of drug-likeness (QED) is 0.671. The fourth-order valence-corrected chi connectivity index (χ4v) is 3.74. The van der Waals surface area contributed by atoms with Crippen molar-refractivity contribution in [3.63, 3.8) is 0 Å². The molecule has 0 fully saturated rings. The van der Waals surface area contributed by atoms with E-state index in [-0.39, 0.29) is 5.56 Å². The van der Waals surface area contributed by atoms with E-state index in [4.69, 9.17) is 23.2 Å². The van der Waals surface area contributed by atoms with Gasteiger partial charge in [0.1, 0.15) is 5.69 Å². The molecule has 0 atom stereocenters. The zero-order valence-corrected chi connectivity index (χ0v) is 13.9. The summed E-state index contributed by atoms with van der Waals surface area (Å²) in [7, 11) is 0. The van der Waals surface area contributed by atoms with Crippen LogP contribution in [0.15, 0.2) is 27.3 Å². The minimum absolute atomic E-state index is 0.238. The van der Waals surface area contributed by atoms with Crippen molar-refractivity contribution in [2.45, 2.75) is 17.0 Å². The zero-order chi connectivity index (χ0) is 15.0. The summed E-state index contributed by atoms with van der Waals surface area (Å²) in [5.41, 5.74) is 1.12. The first kappa shape index (κ1) is 14.8. The predicted octanol–water partition coefficient (Wildman–Crippen LogP) is 3.45. The summed E-state index contributed by atoms with van der Waals surface area (Å²) >= 11 is 14.7. The van der Waals surface area contributed by atoms with Gasteiger partial charge in [0.15, 0.2) is 4.34 Å². The van der Waals surface area contributed by atoms with E-state index in [1.807, 2.05) is 12.1 Å². The second-order valence-electron chi connectivity index (χ2n) is 4.19. The van der Waals surface area contributed by atoms with Crippen molar-refractivity contribution >= 4 is 51.3 Å². The Kier molecular flexibility index (Phi) is 4.17. The van der Waals surface area contributed by atoms with Gasteiger partial charge in [0.2, 0.25) is 4.96 Å². The third kappa shape index (κ3) is 3.06. The van der Waals surface area contributed by atoms with E-state index in [9.17, 15) is 4.79 Å². The van der Waals surface area contributed by atoms with E-state index in [1.54, 1.807) is 13.0 Å². The third-order valence-electron chi connectivity index (χ3n) is 2.68. The monoisotopic (exact) mass is 358 g/mol. The topological polar surface area (TPSA) is 60.1 Å². The number of aromatic nitrogens is 4. The molecule has 0 radical (unpaired) electrons. The third-order valence-corrected chi connectivity index (χ3v) is 5.52. The summed E-state index contributed by atoms with van der Waals surface area (Å²) in [6, 6.07) is 5.49. The summed E-state index contributed by atoms with van der Waals surface area (Å²) in [4.78, 5) is 12.3. The second-order valence-corrected chi connectivity index (χ2v) is 7.18. The van der Waals surface area contributed by atoms with Gasteiger partial charge in [-0.3, -0.25) is 4.79 Å². The van der Waals surface area contributed by atoms with Gasteiger partial charge in [-0.1, -0.05) is 52.4 Å². The fraction of sp³-hybridized carbons (Fsp3) is 0.167. The fourth-order valence-electron chi connectivity index (χ4n) is 1.61. The number of hydrogen-bond donors (Lipinski definition) is 0. The molecule has 0 saturated carbocycles. The zero-order valence-electron chi connectivity index (χ0n) is 10.7. The van der Waals surface area contributed by atoms with Gasteiger partial charge in [-0.2, -0.15) is 4.52 Å². The van der Waals surface area contributed by atoms with Gasteiger partial charge in [-0.05, 0) is 24.6 Å². The normalized spacial score (nSPS) is 11.2. The van der Waals surface area contributed by atoms with Gasteiger partial charge < -0.3 is 0 Å². The van der Waals surface area contributed by atoms with Crippen LogP contribution in [0.2, 0.25) is 10.0 Å². The lowest BCUT2D eigenvalue weighted by Gasteiger charge is -2.00. The first-order valence-corrected chi connectivity index (χ1v) is 8.40. The number of hydrogen-bond acceptors (Lipinski definition) is 6. The van der Waals surface area contributed by atoms with Crippen LogP contribution in [0.3, 0.4) is 0 Å². The molecule has 2 heterocycles. The Labute approximate surface area is 137 Å². The molecule has 0 unspecified atom stereocenters. The molecule has 0 aliphatic rings. The lowest BCUT2D eigenvalue weighted by Crippen LogP contribution is -2.19. The molecule has 0 amide bonds. The number of rotatable bonds is 3. The maximum absolute atomic E-state index is 11.9. The number of nitrogens with zero attached hydrogens (tertiary/aromatic N) is 4. The number of aryl methyl sites for hydroxylation is 1. The van der Waals surface area contributed by atoms with Crippen LogP contribution in [0.4, 0.5) is 0 Å². The molecule has 21 heavy (non-hydrogen) atoms. The number of fused-ring (bicyclic) bond motifs is 1. The summed E-state index contributed by atoms with van der Waals surface area (Å²) in [6.07, 6.45) is 0. The molecule has 1 aromatic carbocycles. The molecule has 3 rings (SSSR count). The van der Waals surface area contributed by atoms with Crippen molar-refractivity contribution < 1.29 is 0 Å². The lowest BCUT2D eigenvalue weighted by atomic mass is 10.2. The van der Waals surface area contributed by atoms with E-state index in [0.717, 1.165) is 9.90 Å². The SMILES string of the molecule is Cc1nnc2sc(SCc3ccc(Cl)c(Cl)c3)nn2c1=O. The molecular weight excluding hydrogens is 351 g/mol. The van der Waals surface area contributed by atoms with Gasteiger partial charge in [-0.25, -0.2) is 0 Å². The number of halogens is 2. The van der Waals surface area contributed by atoms with E-state index in [2.05, 4.69) is 15.3 Å². The van der Waals surface area contributed by atoms with Crippen LogP contribution in [0.25, 0.3) is 4.96 Å². The molecule has 0 saturated heterocycles. The first-order chi connectivity index (χ1) is 10.0. The van der Waals surface area contributed by atoms with Crippen LogP contribution >= 0.6 is 46.3 Å². The summed E-state index contributed by atoms with van der Waals surface area (Å²) in [5, 5.41) is 13.1. The smallest absolute Gasteiger partial charge is 0.265 e. The minimum atomic E-state index is -0.238. The van der Waals surface area contributed by atoms with Gasteiger partial charge in [0.05, 0.1) is 10.0 Å². The molecule has 3 aromatic rings. The van der Waals surface area contributed by atoms with Crippen molar-refractivity contribution in [1.82, 2.24) is 19.8 Å². The lowest BCUT2D eigenvalue weighted by molar-refractivity contribution is 0.803. The summed E-state index contributed by atoms with van der Waals surface area (Å²) < 4.78 is 2.03. The van der Waals surface area contributed by atoms with Crippen LogP contribution in [-0.2, 0) is 5.75 Å². The molecule has 5 nitrogen and oxygen atoms in total. The van der Waals surface area contributed by atoms with Crippen LogP contribution < -0.4 is 5.56 Å². The van der Waals surface area contributed by atoms with Gasteiger partial charge in [0.25, 0.3) is 5.56 Å². The maximum Gasteiger partial charge on any atom is 0.296 e. The highest BCUT2D eigenvalue weighted by Gasteiger charge is 2.10. The highest BCUT2D eigenvalue weighted by molar-refractivity contribution is 8.00. The second kappa shape index (κ2) is 5.92. The first-order valence-electron chi connectivity index (χ1n) is 5.84. The molecule has 0 aliphatic carbocycles. The maximum atomic E-state index is 11.9. The molecule has 0 aliphatic heterocycles. The van der Waals surface area contributed by atoms with Crippen LogP contribution in [0, 0.1) is 6.92 Å². The number of benzene rings is 1. The Morgan fingerprint density at radius 2 is 2.10 bits per heavy atom. The van der Waals surface area contributed by atoms with Crippen molar-refractivity contribution in [3.8, 4) is 0 Å². The Balaban J connectivity index is 1.83. The van der Waals surface area contributed by atoms with Gasteiger partial charge >= 0.3 is 0 Å². The van der Waals surface area contributed by atoms with Crippen LogP contribution in [0.5, 0.6) is 0 Å². The highest BCUT2D eigenvalue weighted by atomic mass is 35.5. The van der Waals surface area contributed by atoms with Crippen molar-refractivity contribution in [1.29, 1.82) is 0 Å². The molecular formula is C12H8Cl2N4OS2. The van der Waals surface area contributed by atoms with Gasteiger partial charge in [0, 0.05) is 5.75 Å². The molecule has 0 bridgehead atoms. The minimum Gasteiger partial charge on any atom is -0.265 e. The van der Waals surface area contributed by atoms with E-state index in [1.165, 1.54) is 27.6 Å².